The van der Waals surface area contributed by atoms with Crippen LogP contribution in [0.3, 0.4) is 0 Å². The van der Waals surface area contributed by atoms with Crippen LogP contribution in [0, 0.1) is 0 Å². The molecule has 1 unspecified atom stereocenters. The second kappa shape index (κ2) is 6.77. The van der Waals surface area contributed by atoms with Gasteiger partial charge in [-0.2, -0.15) is 0 Å². The van der Waals surface area contributed by atoms with Gasteiger partial charge < -0.3 is 19.7 Å². The van der Waals surface area contributed by atoms with E-state index in [1.165, 1.54) is 0 Å². The molecule has 0 aliphatic heterocycles. The summed E-state index contributed by atoms with van der Waals surface area (Å²) in [5, 5.41) is 13.0. The van der Waals surface area contributed by atoms with Gasteiger partial charge in [-0.05, 0) is 44.8 Å². The van der Waals surface area contributed by atoms with Crippen molar-refractivity contribution < 1.29 is 14.3 Å². The highest BCUT2D eigenvalue weighted by Gasteiger charge is 2.22. The minimum atomic E-state index is -0.971. The Morgan fingerprint density at radius 3 is 2.73 bits per heavy atom. The molecule has 1 aromatic heterocycles. The first-order valence-electron chi connectivity index (χ1n) is 7.15. The highest BCUT2D eigenvalue weighted by molar-refractivity contribution is 5.95. The van der Waals surface area contributed by atoms with Crippen molar-refractivity contribution in [2.75, 3.05) is 27.2 Å². The molecular weight excluding hydrogens is 280 g/mol. The van der Waals surface area contributed by atoms with Gasteiger partial charge in [0, 0.05) is 24.2 Å². The first kappa shape index (κ1) is 16.3. The number of furan rings is 1. The predicted octanol–water partition coefficient (Wildman–Crippen LogP) is 1.99. The lowest BCUT2D eigenvalue weighted by molar-refractivity contribution is 0.0326. The molecule has 2 N–H and O–H groups in total. The zero-order chi connectivity index (χ0) is 16.2. The Bertz CT molecular complexity index is 619. The van der Waals surface area contributed by atoms with Crippen LogP contribution < -0.4 is 5.32 Å². The molecule has 2 rings (SSSR count). The summed E-state index contributed by atoms with van der Waals surface area (Å²) in [5.41, 5.74) is 1.43. The molecule has 5 nitrogen and oxygen atoms in total. The fourth-order valence-corrected chi connectivity index (χ4v) is 2.38. The molecular formula is C17H22N2O3. The number of carbonyl (C=O) groups excluding carboxylic acids is 1. The van der Waals surface area contributed by atoms with E-state index in [0.29, 0.717) is 12.1 Å². The van der Waals surface area contributed by atoms with Crippen LogP contribution in [0.4, 0.5) is 0 Å². The number of hydrogen-bond acceptors (Lipinski definition) is 4. The number of likely N-dealkylation sites (N-methyl/N-ethyl adjacent to an activating group) is 1. The lowest BCUT2D eigenvalue weighted by Gasteiger charge is -2.27. The lowest BCUT2D eigenvalue weighted by atomic mass is 10.0. The highest BCUT2D eigenvalue weighted by Crippen LogP contribution is 2.20. The van der Waals surface area contributed by atoms with E-state index in [0.717, 1.165) is 11.1 Å². The van der Waals surface area contributed by atoms with Gasteiger partial charge in [0.25, 0.3) is 5.91 Å². The number of amides is 1. The van der Waals surface area contributed by atoms with Crippen LogP contribution in [0.25, 0.3) is 11.1 Å². The summed E-state index contributed by atoms with van der Waals surface area (Å²) in [6, 6.07) is 9.15. The van der Waals surface area contributed by atoms with Gasteiger partial charge in [0.05, 0.1) is 18.1 Å². The van der Waals surface area contributed by atoms with E-state index < -0.39 is 5.60 Å². The molecule has 0 saturated heterocycles. The number of hydrogen-bond donors (Lipinski definition) is 2. The van der Waals surface area contributed by atoms with Gasteiger partial charge in [-0.3, -0.25) is 4.79 Å². The molecule has 0 radical (unpaired) electrons. The Morgan fingerprint density at radius 2 is 2.09 bits per heavy atom. The summed E-state index contributed by atoms with van der Waals surface area (Å²) in [5.74, 6) is -0.204. The van der Waals surface area contributed by atoms with Crippen molar-refractivity contribution in [3.63, 3.8) is 0 Å². The molecule has 0 aliphatic rings. The van der Waals surface area contributed by atoms with E-state index in [1.54, 1.807) is 31.6 Å². The maximum atomic E-state index is 12.2. The van der Waals surface area contributed by atoms with Gasteiger partial charge in [-0.1, -0.05) is 12.1 Å². The standard InChI is InChI=1S/C17H22N2O3/c1-17(21,12-19(2)3)11-18-16(20)14-6-4-5-13(9-14)15-7-8-22-10-15/h4-10,21H,11-12H2,1-3H3,(H,18,20). The number of aliphatic hydroxyl groups is 1. The SMILES string of the molecule is CN(C)CC(C)(O)CNC(=O)c1cccc(-c2ccoc2)c1. The van der Waals surface area contributed by atoms with Crippen LogP contribution in [0.1, 0.15) is 17.3 Å². The van der Waals surface area contributed by atoms with E-state index in [9.17, 15) is 9.90 Å². The van der Waals surface area contributed by atoms with Crippen molar-refractivity contribution in [2.45, 2.75) is 12.5 Å². The molecule has 1 atom stereocenters. The Labute approximate surface area is 130 Å². The van der Waals surface area contributed by atoms with Gasteiger partial charge in [0.1, 0.15) is 0 Å². The summed E-state index contributed by atoms with van der Waals surface area (Å²) < 4.78 is 5.06. The van der Waals surface area contributed by atoms with E-state index in [-0.39, 0.29) is 12.5 Å². The van der Waals surface area contributed by atoms with Crippen LogP contribution in [0.2, 0.25) is 0 Å². The zero-order valence-electron chi connectivity index (χ0n) is 13.2. The minimum Gasteiger partial charge on any atom is -0.472 e. The van der Waals surface area contributed by atoms with E-state index in [2.05, 4.69) is 5.32 Å². The highest BCUT2D eigenvalue weighted by atomic mass is 16.3. The van der Waals surface area contributed by atoms with Crippen LogP contribution in [-0.4, -0.2) is 48.7 Å². The van der Waals surface area contributed by atoms with Gasteiger partial charge >= 0.3 is 0 Å². The zero-order valence-corrected chi connectivity index (χ0v) is 13.2. The lowest BCUT2D eigenvalue weighted by Crippen LogP contribution is -2.47. The maximum absolute atomic E-state index is 12.2. The normalized spacial score (nSPS) is 13.9. The monoisotopic (exact) mass is 302 g/mol. The number of rotatable bonds is 6. The molecule has 5 heteroatoms. The molecule has 0 aliphatic carbocycles. The number of nitrogens with one attached hydrogen (secondary N) is 1. The molecule has 22 heavy (non-hydrogen) atoms. The Morgan fingerprint density at radius 1 is 1.32 bits per heavy atom. The van der Waals surface area contributed by atoms with Crippen molar-refractivity contribution >= 4 is 5.91 Å². The molecule has 1 amide bonds. The Hall–Kier alpha value is -2.11. The van der Waals surface area contributed by atoms with Gasteiger partial charge in [-0.15, -0.1) is 0 Å². The van der Waals surface area contributed by atoms with Crippen molar-refractivity contribution in [1.82, 2.24) is 10.2 Å². The number of nitrogens with zero attached hydrogens (tertiary/aromatic N) is 1. The van der Waals surface area contributed by atoms with E-state index in [1.807, 2.05) is 37.2 Å². The van der Waals surface area contributed by atoms with Crippen LogP contribution in [0.15, 0.2) is 47.3 Å². The average Bonchev–Trinajstić information content (AvgIpc) is 2.98. The summed E-state index contributed by atoms with van der Waals surface area (Å²) in [6.45, 7) is 2.37. The van der Waals surface area contributed by atoms with Gasteiger partial charge in [0.2, 0.25) is 0 Å². The van der Waals surface area contributed by atoms with Crippen molar-refractivity contribution in [2.24, 2.45) is 0 Å². The van der Waals surface area contributed by atoms with Crippen LogP contribution >= 0.6 is 0 Å². The van der Waals surface area contributed by atoms with E-state index >= 15 is 0 Å². The Kier molecular flexibility index (Phi) is 5.00. The summed E-state index contributed by atoms with van der Waals surface area (Å²) in [7, 11) is 3.76. The third kappa shape index (κ3) is 4.44. The summed E-state index contributed by atoms with van der Waals surface area (Å²) in [6.07, 6.45) is 3.24. The second-order valence-electron chi connectivity index (χ2n) is 6.01. The quantitative estimate of drug-likeness (QED) is 0.856. The molecule has 0 bridgehead atoms. The van der Waals surface area contributed by atoms with Crippen molar-refractivity contribution in [3.8, 4) is 11.1 Å². The molecule has 118 valence electrons. The average molecular weight is 302 g/mol. The van der Waals surface area contributed by atoms with Crippen LogP contribution in [0.5, 0.6) is 0 Å². The first-order valence-corrected chi connectivity index (χ1v) is 7.15. The molecule has 0 spiro atoms. The number of benzene rings is 1. The molecule has 2 aromatic rings. The van der Waals surface area contributed by atoms with Gasteiger partial charge in [0.15, 0.2) is 0 Å². The predicted molar refractivity (Wildman–Crippen MR) is 85.7 cm³/mol. The molecule has 0 saturated carbocycles. The molecule has 0 fully saturated rings. The fraction of sp³-hybridized carbons (Fsp3) is 0.353. The fourth-order valence-electron chi connectivity index (χ4n) is 2.38. The van der Waals surface area contributed by atoms with E-state index in [4.69, 9.17) is 4.42 Å². The topological polar surface area (TPSA) is 65.7 Å². The van der Waals surface area contributed by atoms with Gasteiger partial charge in [-0.25, -0.2) is 0 Å². The maximum Gasteiger partial charge on any atom is 0.251 e. The number of carbonyl (C=O) groups is 1. The first-order chi connectivity index (χ1) is 10.4. The smallest absolute Gasteiger partial charge is 0.251 e. The van der Waals surface area contributed by atoms with Crippen LogP contribution in [-0.2, 0) is 0 Å². The third-order valence-corrected chi connectivity index (χ3v) is 3.27. The largest absolute Gasteiger partial charge is 0.472 e. The minimum absolute atomic E-state index is 0.194. The van der Waals surface area contributed by atoms with Crippen molar-refractivity contribution in [1.29, 1.82) is 0 Å². The Balaban J connectivity index is 2.03. The summed E-state index contributed by atoms with van der Waals surface area (Å²) in [4.78, 5) is 14.1. The van der Waals surface area contributed by atoms with Crippen molar-refractivity contribution in [3.05, 3.63) is 48.4 Å². The molecule has 1 aromatic carbocycles. The molecule has 1 heterocycles. The third-order valence-electron chi connectivity index (χ3n) is 3.27. The second-order valence-corrected chi connectivity index (χ2v) is 6.01. The summed E-state index contributed by atoms with van der Waals surface area (Å²) >= 11 is 0.